The van der Waals surface area contributed by atoms with Crippen LogP contribution in [0.3, 0.4) is 0 Å². The van der Waals surface area contributed by atoms with Crippen LogP contribution in [0.5, 0.6) is 0 Å². The number of benzene rings is 1. The average Bonchev–Trinajstić information content (AvgIpc) is 2.59. The number of carbonyl (C=O) groups is 1. The second-order valence-electron chi connectivity index (χ2n) is 3.43. The predicted molar refractivity (Wildman–Crippen MR) is 58.4 cm³/mol. The van der Waals surface area contributed by atoms with E-state index in [1.807, 2.05) is 0 Å². The predicted octanol–water partition coefficient (Wildman–Crippen LogP) is 1.62. The maximum absolute atomic E-state index is 13.1. The molecule has 2 N–H and O–H groups in total. The first-order chi connectivity index (χ1) is 7.61. The lowest BCUT2D eigenvalue weighted by Gasteiger charge is -2.00. The van der Waals surface area contributed by atoms with Crippen LogP contribution in [0.25, 0.3) is 11.3 Å². The lowest BCUT2D eigenvalue weighted by atomic mass is 10.1. The third-order valence-electron chi connectivity index (χ3n) is 2.33. The molecule has 0 spiro atoms. The van der Waals surface area contributed by atoms with Crippen LogP contribution in [0.2, 0.25) is 0 Å². The monoisotopic (exact) mass is 219 g/mol. The van der Waals surface area contributed by atoms with E-state index in [1.54, 1.807) is 13.1 Å². The molecule has 0 saturated heterocycles. The molecule has 0 atom stereocenters. The van der Waals surface area contributed by atoms with Gasteiger partial charge in [0.1, 0.15) is 11.6 Å². The average molecular weight is 219 g/mol. The van der Waals surface area contributed by atoms with Crippen LogP contribution in [0.1, 0.15) is 10.4 Å². The van der Waals surface area contributed by atoms with Crippen molar-refractivity contribution in [2.45, 2.75) is 0 Å². The Labute approximate surface area is 91.5 Å². The quantitative estimate of drug-likeness (QED) is 0.781. The smallest absolute Gasteiger partial charge is 0.150 e. The van der Waals surface area contributed by atoms with E-state index >= 15 is 0 Å². The molecule has 1 heterocycles. The van der Waals surface area contributed by atoms with Crippen LogP contribution in [-0.4, -0.2) is 16.1 Å². The molecule has 0 fully saturated rings. The highest BCUT2D eigenvalue weighted by molar-refractivity contribution is 5.86. The topological polar surface area (TPSA) is 60.9 Å². The summed E-state index contributed by atoms with van der Waals surface area (Å²) in [6, 6.07) is 5.52. The summed E-state index contributed by atoms with van der Waals surface area (Å²) >= 11 is 0. The molecule has 0 aliphatic heterocycles. The number of aryl methyl sites for hydroxylation is 1. The van der Waals surface area contributed by atoms with Gasteiger partial charge in [-0.2, -0.15) is 5.10 Å². The molecule has 0 bridgehead atoms. The summed E-state index contributed by atoms with van der Waals surface area (Å²) < 4.78 is 14.6. The zero-order valence-electron chi connectivity index (χ0n) is 8.64. The van der Waals surface area contributed by atoms with Crippen molar-refractivity contribution in [1.29, 1.82) is 0 Å². The van der Waals surface area contributed by atoms with Gasteiger partial charge in [-0.05, 0) is 18.2 Å². The summed E-state index contributed by atoms with van der Waals surface area (Å²) in [5.74, 6) is 0.0425. The normalized spacial score (nSPS) is 10.4. The molecule has 82 valence electrons. The minimum absolute atomic E-state index is 0.388. The highest BCUT2D eigenvalue weighted by Gasteiger charge is 2.10. The number of halogens is 1. The number of carbonyl (C=O) groups excluding carboxylic acids is 1. The van der Waals surface area contributed by atoms with E-state index in [0.29, 0.717) is 28.9 Å². The van der Waals surface area contributed by atoms with Crippen LogP contribution in [0.15, 0.2) is 24.3 Å². The van der Waals surface area contributed by atoms with Gasteiger partial charge in [0, 0.05) is 24.2 Å². The zero-order chi connectivity index (χ0) is 11.7. The van der Waals surface area contributed by atoms with Crippen molar-refractivity contribution in [2.75, 3.05) is 5.73 Å². The molecule has 16 heavy (non-hydrogen) atoms. The van der Waals surface area contributed by atoms with E-state index in [2.05, 4.69) is 5.10 Å². The number of aldehydes is 1. The number of anilines is 1. The molecular formula is C11H10FN3O. The second-order valence-corrected chi connectivity index (χ2v) is 3.43. The number of nitrogen functional groups attached to an aromatic ring is 1. The van der Waals surface area contributed by atoms with Crippen molar-refractivity contribution < 1.29 is 9.18 Å². The minimum Gasteiger partial charge on any atom is -0.384 e. The van der Waals surface area contributed by atoms with Gasteiger partial charge in [0.2, 0.25) is 0 Å². The highest BCUT2D eigenvalue weighted by atomic mass is 19.1. The van der Waals surface area contributed by atoms with Gasteiger partial charge in [-0.1, -0.05) is 0 Å². The molecule has 1 aromatic heterocycles. The van der Waals surface area contributed by atoms with Gasteiger partial charge < -0.3 is 5.73 Å². The fourth-order valence-electron chi connectivity index (χ4n) is 1.47. The molecule has 1 aromatic carbocycles. The SMILES string of the molecule is Cn1nc(-c2cc(F)ccc2C=O)cc1N. The third kappa shape index (κ3) is 1.67. The van der Waals surface area contributed by atoms with E-state index in [0.717, 1.165) is 0 Å². The van der Waals surface area contributed by atoms with E-state index in [4.69, 9.17) is 5.73 Å². The van der Waals surface area contributed by atoms with Crippen molar-refractivity contribution in [3.05, 3.63) is 35.6 Å². The van der Waals surface area contributed by atoms with Gasteiger partial charge in [-0.15, -0.1) is 0 Å². The summed E-state index contributed by atoms with van der Waals surface area (Å²) in [7, 11) is 1.68. The molecule has 0 aliphatic rings. The van der Waals surface area contributed by atoms with Gasteiger partial charge >= 0.3 is 0 Å². The highest BCUT2D eigenvalue weighted by Crippen LogP contribution is 2.23. The summed E-state index contributed by atoms with van der Waals surface area (Å²) in [6.07, 6.45) is 0.666. The Hall–Kier alpha value is -2.17. The van der Waals surface area contributed by atoms with Crippen LogP contribution in [0.4, 0.5) is 10.2 Å². The number of hydrogen-bond acceptors (Lipinski definition) is 3. The Balaban J connectivity index is 2.62. The molecule has 2 rings (SSSR count). The summed E-state index contributed by atoms with van der Waals surface area (Å²) in [6.45, 7) is 0. The van der Waals surface area contributed by atoms with Crippen molar-refractivity contribution in [1.82, 2.24) is 9.78 Å². The van der Waals surface area contributed by atoms with Gasteiger partial charge in [0.05, 0.1) is 5.69 Å². The van der Waals surface area contributed by atoms with Crippen molar-refractivity contribution in [2.24, 2.45) is 7.05 Å². The van der Waals surface area contributed by atoms with Crippen LogP contribution in [0, 0.1) is 5.82 Å². The van der Waals surface area contributed by atoms with E-state index in [-0.39, 0.29) is 0 Å². The van der Waals surface area contributed by atoms with Crippen LogP contribution in [-0.2, 0) is 7.05 Å². The van der Waals surface area contributed by atoms with Crippen LogP contribution >= 0.6 is 0 Å². The standard InChI is InChI=1S/C11H10FN3O/c1-15-11(13)5-10(14-15)9-4-8(12)3-2-7(9)6-16/h2-6H,13H2,1H3. The molecule has 2 aromatic rings. The molecule has 0 amide bonds. The van der Waals surface area contributed by atoms with Crippen molar-refractivity contribution in [3.8, 4) is 11.3 Å². The van der Waals surface area contributed by atoms with Gasteiger partial charge in [0.15, 0.2) is 6.29 Å². The van der Waals surface area contributed by atoms with Crippen LogP contribution < -0.4 is 5.73 Å². The summed E-state index contributed by atoms with van der Waals surface area (Å²) in [5, 5.41) is 4.10. The molecule has 0 aliphatic carbocycles. The largest absolute Gasteiger partial charge is 0.384 e. The Kier molecular flexibility index (Phi) is 2.44. The second kappa shape index (κ2) is 3.77. The zero-order valence-corrected chi connectivity index (χ0v) is 8.64. The molecule has 0 radical (unpaired) electrons. The lowest BCUT2D eigenvalue weighted by Crippen LogP contribution is -1.97. The summed E-state index contributed by atoms with van der Waals surface area (Å²) in [4.78, 5) is 10.8. The number of aromatic nitrogens is 2. The van der Waals surface area contributed by atoms with E-state index in [1.165, 1.54) is 22.9 Å². The minimum atomic E-state index is -0.412. The Bertz CT molecular complexity index is 529. The maximum atomic E-state index is 13.1. The van der Waals surface area contributed by atoms with Crippen molar-refractivity contribution >= 4 is 12.1 Å². The molecule has 0 unspecified atom stereocenters. The first-order valence-electron chi connectivity index (χ1n) is 4.66. The van der Waals surface area contributed by atoms with Gasteiger partial charge in [-0.3, -0.25) is 9.48 Å². The Morgan fingerprint density at radius 3 is 2.75 bits per heavy atom. The molecular weight excluding hydrogens is 209 g/mol. The fourth-order valence-corrected chi connectivity index (χ4v) is 1.47. The molecule has 4 nitrogen and oxygen atoms in total. The number of hydrogen-bond donors (Lipinski definition) is 1. The number of nitrogens with zero attached hydrogens (tertiary/aromatic N) is 2. The Morgan fingerprint density at radius 2 is 2.19 bits per heavy atom. The number of nitrogens with two attached hydrogens (primary N) is 1. The summed E-state index contributed by atoms with van der Waals surface area (Å²) in [5.41, 5.74) is 6.95. The first-order valence-corrected chi connectivity index (χ1v) is 4.66. The van der Waals surface area contributed by atoms with Gasteiger partial charge in [-0.25, -0.2) is 4.39 Å². The molecule has 0 saturated carbocycles. The fraction of sp³-hybridized carbons (Fsp3) is 0.0909. The third-order valence-corrected chi connectivity index (χ3v) is 2.33. The van der Waals surface area contributed by atoms with E-state index in [9.17, 15) is 9.18 Å². The van der Waals surface area contributed by atoms with Crippen molar-refractivity contribution in [3.63, 3.8) is 0 Å². The maximum Gasteiger partial charge on any atom is 0.150 e. The number of rotatable bonds is 2. The molecule has 5 heteroatoms. The van der Waals surface area contributed by atoms with Gasteiger partial charge in [0.25, 0.3) is 0 Å². The lowest BCUT2D eigenvalue weighted by molar-refractivity contribution is 0.112. The Morgan fingerprint density at radius 1 is 1.44 bits per heavy atom. The van der Waals surface area contributed by atoms with E-state index < -0.39 is 5.82 Å². The first kappa shape index (κ1) is 10.4.